The van der Waals surface area contributed by atoms with Crippen molar-refractivity contribution in [3.8, 4) is 5.75 Å². The third-order valence-electron chi connectivity index (χ3n) is 4.39. The molecule has 0 spiro atoms. The molecule has 2 aromatic carbocycles. The third kappa shape index (κ3) is 1.93. The minimum Gasteiger partial charge on any atom is -0.494 e. The van der Waals surface area contributed by atoms with E-state index in [4.69, 9.17) is 4.74 Å². The highest BCUT2D eigenvalue weighted by Crippen LogP contribution is 2.37. The molecule has 0 radical (unpaired) electrons. The average Bonchev–Trinajstić information content (AvgIpc) is 2.97. The van der Waals surface area contributed by atoms with Gasteiger partial charge in [-0.1, -0.05) is 36.4 Å². The topological polar surface area (TPSA) is 25.4 Å². The Morgan fingerprint density at radius 2 is 1.73 bits per heavy atom. The number of hydrogen-bond donors (Lipinski definition) is 0. The number of aromatic nitrogens is 1. The molecule has 0 N–H and O–H groups in total. The monoisotopic (exact) mass is 290 g/mol. The summed E-state index contributed by atoms with van der Waals surface area (Å²) in [5.74, 6) is 0.829. The van der Waals surface area contributed by atoms with Gasteiger partial charge in [0.15, 0.2) is 0 Å². The predicted molar refractivity (Wildman–Crippen MR) is 89.4 cm³/mol. The number of hydrogen-bond acceptors (Lipinski definition) is 3. The van der Waals surface area contributed by atoms with E-state index >= 15 is 0 Å². The molecule has 1 aliphatic heterocycles. The lowest BCUT2D eigenvalue weighted by Gasteiger charge is -2.22. The summed E-state index contributed by atoms with van der Waals surface area (Å²) in [7, 11) is 1.70. The zero-order valence-corrected chi connectivity index (χ0v) is 12.8. The van der Waals surface area contributed by atoms with E-state index in [-0.39, 0.29) is 0 Å². The van der Waals surface area contributed by atoms with E-state index in [0.717, 1.165) is 29.7 Å². The van der Waals surface area contributed by atoms with Crippen molar-refractivity contribution in [1.82, 2.24) is 4.98 Å². The Bertz CT molecular complexity index is 832. The summed E-state index contributed by atoms with van der Waals surface area (Å²) in [6.07, 6.45) is 1.95. The largest absolute Gasteiger partial charge is 0.494 e. The van der Waals surface area contributed by atoms with Gasteiger partial charge in [0.1, 0.15) is 11.3 Å². The SMILES string of the molecule is COc1cccc2c(N3Cc4ccccc4C3)c(C)cnc12. The molecule has 3 nitrogen and oxygen atoms in total. The van der Waals surface area contributed by atoms with E-state index in [1.165, 1.54) is 22.4 Å². The first-order chi connectivity index (χ1) is 10.8. The number of anilines is 1. The quantitative estimate of drug-likeness (QED) is 0.711. The summed E-state index contributed by atoms with van der Waals surface area (Å²) in [5, 5.41) is 1.16. The molecule has 22 heavy (non-hydrogen) atoms. The number of fused-ring (bicyclic) bond motifs is 2. The second kappa shape index (κ2) is 5.02. The predicted octanol–water partition coefficient (Wildman–Crippen LogP) is 4.07. The van der Waals surface area contributed by atoms with Crippen molar-refractivity contribution in [1.29, 1.82) is 0 Å². The molecule has 1 aliphatic rings. The third-order valence-corrected chi connectivity index (χ3v) is 4.39. The first-order valence-electron chi connectivity index (χ1n) is 7.52. The van der Waals surface area contributed by atoms with Crippen LogP contribution in [0.25, 0.3) is 10.9 Å². The van der Waals surface area contributed by atoms with Crippen LogP contribution < -0.4 is 9.64 Å². The summed E-state index contributed by atoms with van der Waals surface area (Å²) in [5.41, 5.74) is 6.22. The first-order valence-corrected chi connectivity index (χ1v) is 7.52. The summed E-state index contributed by atoms with van der Waals surface area (Å²) in [6.45, 7) is 4.03. The average molecular weight is 290 g/mol. The van der Waals surface area contributed by atoms with Crippen molar-refractivity contribution < 1.29 is 4.74 Å². The zero-order valence-electron chi connectivity index (χ0n) is 12.8. The van der Waals surface area contributed by atoms with Crippen LogP contribution in [0.4, 0.5) is 5.69 Å². The summed E-state index contributed by atoms with van der Waals surface area (Å²) in [6, 6.07) is 14.8. The number of benzene rings is 2. The van der Waals surface area contributed by atoms with Crippen molar-refractivity contribution in [3.05, 3.63) is 65.4 Å². The van der Waals surface area contributed by atoms with Crippen molar-refractivity contribution in [2.24, 2.45) is 0 Å². The molecule has 0 atom stereocenters. The number of nitrogens with zero attached hydrogens (tertiary/aromatic N) is 2. The number of ether oxygens (including phenoxy) is 1. The van der Waals surface area contributed by atoms with Gasteiger partial charge in [-0.3, -0.25) is 4.98 Å². The molecule has 3 aromatic rings. The van der Waals surface area contributed by atoms with Gasteiger partial charge >= 0.3 is 0 Å². The minimum atomic E-state index is 0.829. The zero-order chi connectivity index (χ0) is 15.1. The highest BCUT2D eigenvalue weighted by atomic mass is 16.5. The van der Waals surface area contributed by atoms with Gasteiger partial charge in [-0.2, -0.15) is 0 Å². The molecule has 1 aromatic heterocycles. The van der Waals surface area contributed by atoms with Crippen LogP contribution in [0, 0.1) is 6.92 Å². The molecule has 3 heteroatoms. The van der Waals surface area contributed by atoms with Gasteiger partial charge in [0.2, 0.25) is 0 Å². The van der Waals surface area contributed by atoms with E-state index < -0.39 is 0 Å². The van der Waals surface area contributed by atoms with Crippen LogP contribution in [0.1, 0.15) is 16.7 Å². The van der Waals surface area contributed by atoms with Crippen molar-refractivity contribution in [2.75, 3.05) is 12.0 Å². The highest BCUT2D eigenvalue weighted by molar-refractivity contribution is 5.96. The number of pyridine rings is 1. The van der Waals surface area contributed by atoms with E-state index in [9.17, 15) is 0 Å². The van der Waals surface area contributed by atoms with Gasteiger partial charge in [0.05, 0.1) is 12.8 Å². The molecule has 4 rings (SSSR count). The van der Waals surface area contributed by atoms with Crippen LogP contribution in [0.3, 0.4) is 0 Å². The standard InChI is InChI=1S/C19H18N2O/c1-13-10-20-18-16(8-5-9-17(18)22-2)19(13)21-11-14-6-3-4-7-15(14)12-21/h3-10H,11-12H2,1-2H3. The second-order valence-corrected chi connectivity index (χ2v) is 5.77. The molecule has 0 fully saturated rings. The van der Waals surface area contributed by atoms with Gasteiger partial charge < -0.3 is 9.64 Å². The highest BCUT2D eigenvalue weighted by Gasteiger charge is 2.22. The van der Waals surface area contributed by atoms with Crippen molar-refractivity contribution in [3.63, 3.8) is 0 Å². The molecular formula is C19H18N2O. The number of methoxy groups -OCH3 is 1. The number of rotatable bonds is 2. The molecule has 0 saturated carbocycles. The second-order valence-electron chi connectivity index (χ2n) is 5.77. The van der Waals surface area contributed by atoms with Crippen LogP contribution in [0.15, 0.2) is 48.7 Å². The molecule has 110 valence electrons. The maximum atomic E-state index is 5.47. The van der Waals surface area contributed by atoms with Crippen LogP contribution in [-0.2, 0) is 13.1 Å². The Hall–Kier alpha value is -2.55. The van der Waals surface area contributed by atoms with Crippen LogP contribution >= 0.6 is 0 Å². The summed E-state index contributed by atoms with van der Waals surface area (Å²) < 4.78 is 5.47. The number of aryl methyl sites for hydroxylation is 1. The fourth-order valence-electron chi connectivity index (χ4n) is 3.36. The molecule has 0 amide bonds. The van der Waals surface area contributed by atoms with Crippen molar-refractivity contribution >= 4 is 16.6 Å². The van der Waals surface area contributed by atoms with E-state index in [0.29, 0.717) is 0 Å². The Balaban J connectivity index is 1.88. The van der Waals surface area contributed by atoms with Crippen LogP contribution in [-0.4, -0.2) is 12.1 Å². The lowest BCUT2D eigenvalue weighted by molar-refractivity contribution is 0.419. The minimum absolute atomic E-state index is 0.829. The maximum absolute atomic E-state index is 5.47. The van der Waals surface area contributed by atoms with Crippen molar-refractivity contribution in [2.45, 2.75) is 20.0 Å². The van der Waals surface area contributed by atoms with Gasteiger partial charge in [0.25, 0.3) is 0 Å². The fourth-order valence-corrected chi connectivity index (χ4v) is 3.36. The molecule has 2 heterocycles. The molecule has 0 saturated heterocycles. The lowest BCUT2D eigenvalue weighted by atomic mass is 10.1. The van der Waals surface area contributed by atoms with Gasteiger partial charge in [0, 0.05) is 24.7 Å². The Morgan fingerprint density at radius 1 is 1.00 bits per heavy atom. The van der Waals surface area contributed by atoms with E-state index in [2.05, 4.69) is 47.1 Å². The van der Waals surface area contributed by atoms with Gasteiger partial charge in [-0.15, -0.1) is 0 Å². The van der Waals surface area contributed by atoms with E-state index in [1.54, 1.807) is 7.11 Å². The normalized spacial score (nSPS) is 13.5. The Morgan fingerprint density at radius 3 is 2.41 bits per heavy atom. The molecule has 0 aliphatic carbocycles. The van der Waals surface area contributed by atoms with Gasteiger partial charge in [-0.05, 0) is 29.7 Å². The van der Waals surface area contributed by atoms with E-state index in [1.807, 2.05) is 18.3 Å². The molecule has 0 bridgehead atoms. The summed E-state index contributed by atoms with van der Waals surface area (Å²) >= 11 is 0. The number of para-hydroxylation sites is 1. The van der Waals surface area contributed by atoms with Gasteiger partial charge in [-0.25, -0.2) is 0 Å². The molecular weight excluding hydrogens is 272 g/mol. The fraction of sp³-hybridized carbons (Fsp3) is 0.211. The summed E-state index contributed by atoms with van der Waals surface area (Å²) in [4.78, 5) is 7.02. The smallest absolute Gasteiger partial charge is 0.145 e. The van der Waals surface area contributed by atoms with Crippen LogP contribution in [0.2, 0.25) is 0 Å². The Kier molecular flexibility index (Phi) is 3.00. The molecule has 0 unspecified atom stereocenters. The lowest BCUT2D eigenvalue weighted by Crippen LogP contribution is -2.16. The maximum Gasteiger partial charge on any atom is 0.145 e. The first kappa shape index (κ1) is 13.1. The van der Waals surface area contributed by atoms with Crippen LogP contribution in [0.5, 0.6) is 5.75 Å². The Labute approximate surface area is 130 Å².